The third-order valence-corrected chi connectivity index (χ3v) is 7.76. The van der Waals surface area contributed by atoms with E-state index < -0.39 is 54.0 Å². The van der Waals surface area contributed by atoms with Crippen LogP contribution in [0.1, 0.15) is 76.0 Å². The van der Waals surface area contributed by atoms with Gasteiger partial charge in [-0.05, 0) is 55.7 Å². The number of imide groups is 2. The van der Waals surface area contributed by atoms with Crippen LogP contribution >= 0.6 is 0 Å². The molecule has 2 aliphatic heterocycles. The zero-order valence-corrected chi connectivity index (χ0v) is 27.1. The van der Waals surface area contributed by atoms with Gasteiger partial charge in [-0.3, -0.25) is 53.8 Å². The Kier molecular flexibility index (Phi) is 13.5. The van der Waals surface area contributed by atoms with Crippen LogP contribution in [0.4, 0.5) is 5.69 Å². The van der Waals surface area contributed by atoms with Gasteiger partial charge in [0.25, 0.3) is 23.6 Å². The van der Waals surface area contributed by atoms with E-state index in [1.165, 1.54) is 18.2 Å². The maximum absolute atomic E-state index is 13.1. The first-order valence-electron chi connectivity index (χ1n) is 16.0. The fraction of sp³-hybridized carbons (Fsp3) is 0.394. The maximum Gasteiger partial charge on any atom is 0.266 e. The molecule has 0 bridgehead atoms. The molecule has 17 heteroatoms. The molecule has 0 aromatic heterocycles. The molecule has 2 aliphatic rings. The number of amides is 8. The van der Waals surface area contributed by atoms with Crippen LogP contribution in [0, 0.1) is 0 Å². The second-order valence-corrected chi connectivity index (χ2v) is 11.4. The topological polar surface area (TPSA) is 239 Å². The zero-order valence-electron chi connectivity index (χ0n) is 27.1. The molecule has 0 saturated carbocycles. The molecule has 2 aromatic rings. The van der Waals surface area contributed by atoms with Crippen molar-refractivity contribution in [2.24, 2.45) is 0 Å². The number of anilines is 1. The van der Waals surface area contributed by atoms with Gasteiger partial charge in [0.2, 0.25) is 23.6 Å². The van der Waals surface area contributed by atoms with Crippen molar-refractivity contribution >= 4 is 52.9 Å². The Bertz CT molecular complexity index is 1630. The summed E-state index contributed by atoms with van der Waals surface area (Å²) in [6, 6.07) is 9.49. The Balaban J connectivity index is 1.10. The molecule has 1 fully saturated rings. The number of piperidine rings is 1. The standard InChI is InChI=1S/C33H38N6O11/c40-25-14-13-23(31(45)37-25)39-32(46)22-6-5-7-24(29(22)33(39)47)50-19-27(42)34-16-17-49-18-28(43)36-21-11-9-20(10-12-21)30(44)35-15-4-2-1-3-8-26(41)38-48/h5-7,9-12,23,48H,1-4,8,13-19H2,(H,34,42)(H,35,44)(H,36,43)(H,38,41)(H,37,40,45). The summed E-state index contributed by atoms with van der Waals surface area (Å²) >= 11 is 0. The number of benzene rings is 2. The minimum Gasteiger partial charge on any atom is -0.483 e. The summed E-state index contributed by atoms with van der Waals surface area (Å²) in [5, 5.41) is 18.6. The average molecular weight is 695 g/mol. The molecule has 0 aliphatic carbocycles. The van der Waals surface area contributed by atoms with E-state index in [2.05, 4.69) is 21.3 Å². The fourth-order valence-electron chi connectivity index (χ4n) is 5.25. The summed E-state index contributed by atoms with van der Waals surface area (Å²) in [7, 11) is 0. The number of carbonyl (C=O) groups is 8. The summed E-state index contributed by atoms with van der Waals surface area (Å²) in [6.45, 7) is -0.258. The lowest BCUT2D eigenvalue weighted by molar-refractivity contribution is -0.136. The summed E-state index contributed by atoms with van der Waals surface area (Å²) in [4.78, 5) is 98.5. The third kappa shape index (κ3) is 10.2. The summed E-state index contributed by atoms with van der Waals surface area (Å²) in [6.07, 6.45) is 3.26. The third-order valence-electron chi connectivity index (χ3n) is 7.76. The number of nitrogens with zero attached hydrogens (tertiary/aromatic N) is 1. The van der Waals surface area contributed by atoms with Crippen molar-refractivity contribution in [2.45, 2.75) is 51.0 Å². The number of fused-ring (bicyclic) bond motifs is 1. The second-order valence-electron chi connectivity index (χ2n) is 11.4. The van der Waals surface area contributed by atoms with Crippen LogP contribution in [-0.4, -0.2) is 96.3 Å². The normalized spacial score (nSPS) is 15.2. The van der Waals surface area contributed by atoms with Crippen LogP contribution in [0.15, 0.2) is 42.5 Å². The SMILES string of the molecule is O=C(CCCCCCNC(=O)c1ccc(NC(=O)COCCNC(=O)COc2cccc3c2C(=O)N(C2CCC(=O)NC2=O)C3=O)cc1)NO. The largest absolute Gasteiger partial charge is 0.483 e. The lowest BCUT2D eigenvalue weighted by Gasteiger charge is -2.27. The van der Waals surface area contributed by atoms with Crippen molar-refractivity contribution in [1.82, 2.24) is 26.3 Å². The average Bonchev–Trinajstić information content (AvgIpc) is 3.36. The van der Waals surface area contributed by atoms with Gasteiger partial charge in [0, 0.05) is 37.2 Å². The molecule has 1 saturated heterocycles. The fourth-order valence-corrected chi connectivity index (χ4v) is 5.25. The van der Waals surface area contributed by atoms with Crippen molar-refractivity contribution in [2.75, 3.05) is 38.2 Å². The summed E-state index contributed by atoms with van der Waals surface area (Å²) < 4.78 is 10.8. The Labute approximate surface area is 286 Å². The van der Waals surface area contributed by atoms with Gasteiger partial charge < -0.3 is 25.4 Å². The van der Waals surface area contributed by atoms with Crippen LogP contribution in [0.5, 0.6) is 5.75 Å². The van der Waals surface area contributed by atoms with Gasteiger partial charge in [-0.15, -0.1) is 0 Å². The molecule has 0 spiro atoms. The number of carbonyl (C=O) groups excluding carboxylic acids is 8. The number of hydrogen-bond acceptors (Lipinski definition) is 11. The van der Waals surface area contributed by atoms with Gasteiger partial charge in [0.15, 0.2) is 6.61 Å². The van der Waals surface area contributed by atoms with E-state index in [4.69, 9.17) is 14.7 Å². The Morgan fingerprint density at radius 2 is 1.60 bits per heavy atom. The molecule has 6 N–H and O–H groups in total. The monoisotopic (exact) mass is 694 g/mol. The van der Waals surface area contributed by atoms with E-state index in [0.29, 0.717) is 24.2 Å². The van der Waals surface area contributed by atoms with E-state index in [1.807, 2.05) is 0 Å². The number of ether oxygens (including phenoxy) is 2. The summed E-state index contributed by atoms with van der Waals surface area (Å²) in [5.41, 5.74) is 2.41. The van der Waals surface area contributed by atoms with E-state index in [-0.39, 0.29) is 61.8 Å². The van der Waals surface area contributed by atoms with Crippen LogP contribution in [-0.2, 0) is 28.7 Å². The molecule has 8 amide bonds. The Morgan fingerprint density at radius 1 is 0.840 bits per heavy atom. The van der Waals surface area contributed by atoms with Crippen molar-refractivity contribution in [3.05, 3.63) is 59.2 Å². The first-order valence-corrected chi connectivity index (χ1v) is 16.0. The van der Waals surface area contributed by atoms with E-state index in [1.54, 1.807) is 29.7 Å². The van der Waals surface area contributed by atoms with Crippen LogP contribution in [0.2, 0.25) is 0 Å². The Hall–Kier alpha value is -5.68. The first kappa shape index (κ1) is 37.1. The van der Waals surface area contributed by atoms with Gasteiger partial charge in [-0.1, -0.05) is 18.9 Å². The highest BCUT2D eigenvalue weighted by Crippen LogP contribution is 2.33. The molecular formula is C33H38N6O11. The Morgan fingerprint density at radius 3 is 2.34 bits per heavy atom. The number of nitrogens with one attached hydrogen (secondary N) is 5. The number of unbranched alkanes of at least 4 members (excludes halogenated alkanes) is 3. The predicted molar refractivity (Wildman–Crippen MR) is 173 cm³/mol. The molecular weight excluding hydrogens is 656 g/mol. The van der Waals surface area contributed by atoms with Crippen LogP contribution < -0.4 is 31.5 Å². The highest BCUT2D eigenvalue weighted by Gasteiger charge is 2.46. The molecule has 266 valence electrons. The molecule has 1 atom stereocenters. The highest BCUT2D eigenvalue weighted by atomic mass is 16.5. The van der Waals surface area contributed by atoms with Crippen molar-refractivity contribution in [1.29, 1.82) is 0 Å². The number of rotatable bonds is 18. The number of hydroxylamine groups is 1. The molecule has 2 aromatic carbocycles. The van der Waals surface area contributed by atoms with Crippen molar-refractivity contribution < 1.29 is 53.0 Å². The van der Waals surface area contributed by atoms with Crippen LogP contribution in [0.3, 0.4) is 0 Å². The van der Waals surface area contributed by atoms with Gasteiger partial charge in [-0.25, -0.2) is 5.48 Å². The lowest BCUT2D eigenvalue weighted by Crippen LogP contribution is -2.54. The zero-order chi connectivity index (χ0) is 36.0. The van der Waals surface area contributed by atoms with E-state index in [9.17, 15) is 38.4 Å². The number of hydrogen-bond donors (Lipinski definition) is 6. The first-order chi connectivity index (χ1) is 24.1. The van der Waals surface area contributed by atoms with Gasteiger partial charge in [0.1, 0.15) is 18.4 Å². The maximum atomic E-state index is 13.1. The van der Waals surface area contributed by atoms with Gasteiger partial charge in [-0.2, -0.15) is 0 Å². The van der Waals surface area contributed by atoms with Gasteiger partial charge >= 0.3 is 0 Å². The minimum absolute atomic E-state index is 0.00486. The molecule has 4 rings (SSSR count). The molecule has 0 radical (unpaired) electrons. The van der Waals surface area contributed by atoms with Crippen molar-refractivity contribution in [3.8, 4) is 5.75 Å². The highest BCUT2D eigenvalue weighted by molar-refractivity contribution is 6.24. The smallest absolute Gasteiger partial charge is 0.266 e. The molecule has 17 nitrogen and oxygen atoms in total. The minimum atomic E-state index is -1.13. The second kappa shape index (κ2) is 18.2. The lowest BCUT2D eigenvalue weighted by atomic mass is 10.0. The molecule has 2 heterocycles. The van der Waals surface area contributed by atoms with E-state index >= 15 is 0 Å². The summed E-state index contributed by atoms with van der Waals surface area (Å²) in [5.74, 6) is -4.36. The van der Waals surface area contributed by atoms with E-state index in [0.717, 1.165) is 24.2 Å². The van der Waals surface area contributed by atoms with Gasteiger partial charge in [0.05, 0.1) is 17.7 Å². The van der Waals surface area contributed by atoms with Crippen LogP contribution in [0.25, 0.3) is 0 Å². The molecule has 1 unspecified atom stereocenters. The van der Waals surface area contributed by atoms with Crippen molar-refractivity contribution in [3.63, 3.8) is 0 Å². The molecule has 50 heavy (non-hydrogen) atoms. The predicted octanol–water partition coefficient (Wildman–Crippen LogP) is 0.424. The quantitative estimate of drug-likeness (QED) is 0.0541.